The molecule has 140 valence electrons. The Labute approximate surface area is 163 Å². The predicted molar refractivity (Wildman–Crippen MR) is 111 cm³/mol. The molecule has 0 amide bonds. The number of H-pyrrole nitrogens is 1. The monoisotopic (exact) mass is 372 g/mol. The normalized spacial score (nSPS) is 11.4. The lowest BCUT2D eigenvalue weighted by atomic mass is 10.1. The molecule has 4 aromatic rings. The highest BCUT2D eigenvalue weighted by Gasteiger charge is 2.07. The van der Waals surface area contributed by atoms with Crippen LogP contribution in [-0.4, -0.2) is 19.5 Å². The Morgan fingerprint density at radius 1 is 1.00 bits per heavy atom. The van der Waals surface area contributed by atoms with Gasteiger partial charge in [-0.3, -0.25) is 0 Å². The largest absolute Gasteiger partial charge is 0.338 e. The van der Waals surface area contributed by atoms with Crippen molar-refractivity contribution >= 4 is 12.2 Å². The number of halogens is 1. The number of nitrogens with zero attached hydrogens (tertiary/aromatic N) is 3. The molecule has 2 heterocycles. The molecule has 2 aromatic carbocycles. The number of imidazole rings is 2. The summed E-state index contributed by atoms with van der Waals surface area (Å²) in [6, 6.07) is 12.7. The number of hydrogen-bond donors (Lipinski definition) is 1. The van der Waals surface area contributed by atoms with Gasteiger partial charge in [-0.25, -0.2) is 14.4 Å². The van der Waals surface area contributed by atoms with Gasteiger partial charge < -0.3 is 9.55 Å². The van der Waals surface area contributed by atoms with Gasteiger partial charge in [0.1, 0.15) is 11.6 Å². The van der Waals surface area contributed by atoms with Gasteiger partial charge in [-0.1, -0.05) is 12.1 Å². The second-order valence-corrected chi connectivity index (χ2v) is 6.89. The Kier molecular flexibility index (Phi) is 4.65. The molecular formula is C23H21FN4. The average molecular weight is 372 g/mol. The van der Waals surface area contributed by atoms with E-state index in [2.05, 4.69) is 40.1 Å². The van der Waals surface area contributed by atoms with Crippen molar-refractivity contribution in [2.24, 2.45) is 0 Å². The molecule has 0 radical (unpaired) electrons. The fraction of sp³-hybridized carbons (Fsp3) is 0.130. The van der Waals surface area contributed by atoms with Gasteiger partial charge in [-0.15, -0.1) is 0 Å². The van der Waals surface area contributed by atoms with Gasteiger partial charge in [-0.2, -0.15) is 0 Å². The number of aromatic amines is 1. The van der Waals surface area contributed by atoms with Crippen LogP contribution in [0.3, 0.4) is 0 Å². The highest BCUT2D eigenvalue weighted by Crippen LogP contribution is 2.23. The summed E-state index contributed by atoms with van der Waals surface area (Å²) < 4.78 is 15.2. The van der Waals surface area contributed by atoms with Crippen LogP contribution in [0.1, 0.15) is 28.3 Å². The van der Waals surface area contributed by atoms with E-state index < -0.39 is 0 Å². The lowest BCUT2D eigenvalue weighted by molar-refractivity contribution is 0.628. The van der Waals surface area contributed by atoms with Crippen LogP contribution in [0.4, 0.5) is 4.39 Å². The van der Waals surface area contributed by atoms with E-state index >= 15 is 0 Å². The van der Waals surface area contributed by atoms with E-state index in [4.69, 9.17) is 0 Å². The molecule has 4 nitrogen and oxygen atoms in total. The van der Waals surface area contributed by atoms with Gasteiger partial charge >= 0.3 is 0 Å². The summed E-state index contributed by atoms with van der Waals surface area (Å²) >= 11 is 0. The quantitative estimate of drug-likeness (QED) is 0.514. The van der Waals surface area contributed by atoms with Crippen LogP contribution in [0.25, 0.3) is 29.1 Å². The maximum atomic E-state index is 13.1. The molecule has 0 saturated carbocycles. The standard InChI is InChI=1S/C23H21FN4/c1-15-12-18(4-10-21(15)28-13-16(2)25-14-28)5-11-22-26-17(3)23(27-22)19-6-8-20(24)9-7-19/h4-14H,1-3H3,(H,26,27)/b11-5+. The highest BCUT2D eigenvalue weighted by atomic mass is 19.1. The molecule has 0 saturated heterocycles. The minimum absolute atomic E-state index is 0.245. The van der Waals surface area contributed by atoms with Crippen molar-refractivity contribution in [1.82, 2.24) is 19.5 Å². The molecule has 0 unspecified atom stereocenters. The van der Waals surface area contributed by atoms with Crippen LogP contribution < -0.4 is 0 Å². The molecule has 0 aliphatic carbocycles. The van der Waals surface area contributed by atoms with E-state index in [1.54, 1.807) is 12.1 Å². The third kappa shape index (κ3) is 3.64. The van der Waals surface area contributed by atoms with Gasteiger partial charge in [-0.05, 0) is 74.4 Å². The summed E-state index contributed by atoms with van der Waals surface area (Å²) in [4.78, 5) is 12.2. The Morgan fingerprint density at radius 3 is 2.46 bits per heavy atom. The van der Waals surface area contributed by atoms with E-state index in [9.17, 15) is 4.39 Å². The summed E-state index contributed by atoms with van der Waals surface area (Å²) in [5.74, 6) is 0.523. The van der Waals surface area contributed by atoms with Gasteiger partial charge in [0.15, 0.2) is 0 Å². The highest BCUT2D eigenvalue weighted by molar-refractivity contribution is 5.70. The van der Waals surface area contributed by atoms with Gasteiger partial charge in [0.05, 0.1) is 23.4 Å². The Bertz CT molecular complexity index is 1150. The van der Waals surface area contributed by atoms with Crippen molar-refractivity contribution in [1.29, 1.82) is 0 Å². The first-order valence-electron chi connectivity index (χ1n) is 9.12. The van der Waals surface area contributed by atoms with E-state index in [1.165, 1.54) is 17.7 Å². The Hall–Kier alpha value is -3.47. The molecule has 0 aliphatic heterocycles. The SMILES string of the molecule is Cc1cn(-c2ccc(/C=C/c3nc(C)c(-c4ccc(F)cc4)[nH]3)cc2C)cn1. The van der Waals surface area contributed by atoms with E-state index in [-0.39, 0.29) is 5.82 Å². The molecule has 0 aliphatic rings. The van der Waals surface area contributed by atoms with Crippen LogP contribution in [0.2, 0.25) is 0 Å². The van der Waals surface area contributed by atoms with Crippen LogP contribution in [0, 0.1) is 26.6 Å². The zero-order valence-electron chi connectivity index (χ0n) is 16.1. The molecular weight excluding hydrogens is 351 g/mol. The number of benzene rings is 2. The molecule has 0 atom stereocenters. The van der Waals surface area contributed by atoms with Crippen LogP contribution in [0.5, 0.6) is 0 Å². The number of aryl methyl sites for hydroxylation is 3. The molecule has 28 heavy (non-hydrogen) atoms. The third-order valence-corrected chi connectivity index (χ3v) is 4.68. The van der Waals surface area contributed by atoms with Crippen LogP contribution in [0.15, 0.2) is 55.0 Å². The second kappa shape index (κ2) is 7.27. The fourth-order valence-electron chi connectivity index (χ4n) is 3.26. The van der Waals surface area contributed by atoms with E-state index in [0.29, 0.717) is 0 Å². The first kappa shape index (κ1) is 17.9. The van der Waals surface area contributed by atoms with Crippen molar-refractivity contribution in [3.05, 3.63) is 89.1 Å². The zero-order chi connectivity index (χ0) is 19.7. The third-order valence-electron chi connectivity index (χ3n) is 4.68. The molecule has 1 N–H and O–H groups in total. The van der Waals surface area contributed by atoms with Crippen molar-refractivity contribution in [2.45, 2.75) is 20.8 Å². The molecule has 0 spiro atoms. The molecule has 0 bridgehead atoms. The van der Waals surface area contributed by atoms with Crippen molar-refractivity contribution in [3.63, 3.8) is 0 Å². The Morgan fingerprint density at radius 2 is 1.79 bits per heavy atom. The van der Waals surface area contributed by atoms with Crippen LogP contribution >= 0.6 is 0 Å². The zero-order valence-corrected chi connectivity index (χ0v) is 16.1. The second-order valence-electron chi connectivity index (χ2n) is 6.89. The smallest absolute Gasteiger partial charge is 0.130 e. The van der Waals surface area contributed by atoms with Gasteiger partial charge in [0.2, 0.25) is 0 Å². The van der Waals surface area contributed by atoms with Gasteiger partial charge in [0.25, 0.3) is 0 Å². The van der Waals surface area contributed by atoms with Crippen molar-refractivity contribution in [3.8, 4) is 16.9 Å². The first-order chi connectivity index (χ1) is 13.5. The number of aromatic nitrogens is 4. The molecule has 4 rings (SSSR count). The number of rotatable bonds is 4. The van der Waals surface area contributed by atoms with Gasteiger partial charge in [0, 0.05) is 17.4 Å². The average Bonchev–Trinajstić information content (AvgIpc) is 3.26. The lowest BCUT2D eigenvalue weighted by Crippen LogP contribution is -1.94. The minimum Gasteiger partial charge on any atom is -0.338 e. The summed E-state index contributed by atoms with van der Waals surface area (Å²) in [5, 5.41) is 0. The summed E-state index contributed by atoms with van der Waals surface area (Å²) in [5.41, 5.74) is 7.08. The lowest BCUT2D eigenvalue weighted by Gasteiger charge is -2.07. The number of hydrogen-bond acceptors (Lipinski definition) is 2. The van der Waals surface area contributed by atoms with E-state index in [1.807, 2.05) is 43.1 Å². The van der Waals surface area contributed by atoms with Crippen molar-refractivity contribution in [2.75, 3.05) is 0 Å². The maximum Gasteiger partial charge on any atom is 0.130 e. The van der Waals surface area contributed by atoms with Crippen LogP contribution in [-0.2, 0) is 0 Å². The number of nitrogens with one attached hydrogen (secondary N) is 1. The maximum absolute atomic E-state index is 13.1. The molecule has 0 fully saturated rings. The first-order valence-corrected chi connectivity index (χ1v) is 9.12. The Balaban J connectivity index is 1.57. The topological polar surface area (TPSA) is 46.5 Å². The summed E-state index contributed by atoms with van der Waals surface area (Å²) in [6.45, 7) is 6.01. The minimum atomic E-state index is -0.245. The van der Waals surface area contributed by atoms with Crippen molar-refractivity contribution < 1.29 is 4.39 Å². The molecule has 5 heteroatoms. The summed E-state index contributed by atoms with van der Waals surface area (Å²) in [7, 11) is 0. The van der Waals surface area contributed by atoms with E-state index in [0.717, 1.165) is 39.7 Å². The molecule has 2 aromatic heterocycles. The predicted octanol–water partition coefficient (Wildman–Crippen LogP) is 5.50. The fourth-order valence-corrected chi connectivity index (χ4v) is 3.26. The summed E-state index contributed by atoms with van der Waals surface area (Å²) in [6.07, 6.45) is 7.83.